The number of cyclic esters (lactones) is 1. The van der Waals surface area contributed by atoms with Crippen molar-refractivity contribution in [3.8, 4) is 11.1 Å². The van der Waals surface area contributed by atoms with Gasteiger partial charge in [0, 0.05) is 55.0 Å². The second kappa shape index (κ2) is 31.9. The summed E-state index contributed by atoms with van der Waals surface area (Å²) in [5.74, 6) is -11.7. The van der Waals surface area contributed by atoms with Gasteiger partial charge in [-0.3, -0.25) is 47.9 Å². The van der Waals surface area contributed by atoms with Gasteiger partial charge in [-0.25, -0.2) is 9.59 Å². The Morgan fingerprint density at radius 1 is 0.641 bits per heavy atom. The molecule has 566 valence electrons. The van der Waals surface area contributed by atoms with Crippen LogP contribution in [0.1, 0.15) is 166 Å². The molecule has 9 rings (SSSR count). The van der Waals surface area contributed by atoms with Gasteiger partial charge in [0.25, 0.3) is 11.8 Å². The Bertz CT molecular complexity index is 3580. The summed E-state index contributed by atoms with van der Waals surface area (Å²) in [6, 6.07) is -3.42. The number of rotatable bonds is 22. The fourth-order valence-corrected chi connectivity index (χ4v) is 15.3. The normalized spacial score (nSPS) is 28.3. The molecular weight excluding hydrogens is 1330 g/mol. The van der Waals surface area contributed by atoms with Crippen molar-refractivity contribution in [1.82, 2.24) is 51.5 Å². The van der Waals surface area contributed by atoms with E-state index < -0.39 is 198 Å². The molecule has 7 heterocycles. The molecular formula is C73H106N12O18. The van der Waals surface area contributed by atoms with Gasteiger partial charge in [-0.15, -0.1) is 0 Å². The van der Waals surface area contributed by atoms with Crippen LogP contribution in [0.5, 0.6) is 0 Å². The van der Waals surface area contributed by atoms with Crippen molar-refractivity contribution in [2.24, 2.45) is 35.5 Å². The van der Waals surface area contributed by atoms with E-state index in [9.17, 15) is 58.8 Å². The zero-order valence-corrected chi connectivity index (χ0v) is 61.4. The Balaban J connectivity index is 1.07. The molecule has 17 atom stereocenters. The van der Waals surface area contributed by atoms with Gasteiger partial charge >= 0.3 is 11.9 Å². The first-order valence-corrected chi connectivity index (χ1v) is 36.4. The lowest BCUT2D eigenvalue weighted by atomic mass is 9.86. The lowest BCUT2D eigenvalue weighted by molar-refractivity contribution is -0.167. The Morgan fingerprint density at radius 3 is 1.78 bits per heavy atom. The Labute approximate surface area is 600 Å². The molecule has 5 saturated heterocycles. The van der Waals surface area contributed by atoms with Gasteiger partial charge in [0.2, 0.25) is 47.8 Å². The third-order valence-corrected chi connectivity index (χ3v) is 21.1. The number of nitrogens with one attached hydrogen (secondary N) is 8. The summed E-state index contributed by atoms with van der Waals surface area (Å²) < 4.78 is 11.9. The maximum Gasteiger partial charge on any atom is 0.329 e. The Kier molecular flexibility index (Phi) is 24.3. The monoisotopic (exact) mass is 1440 g/mol. The minimum atomic E-state index is -2.17. The van der Waals surface area contributed by atoms with Crippen LogP contribution in [0.25, 0.3) is 11.1 Å². The lowest BCUT2D eigenvalue weighted by Gasteiger charge is -2.36. The number of anilines is 2. The van der Waals surface area contributed by atoms with E-state index in [-0.39, 0.29) is 54.7 Å². The molecule has 30 nitrogen and oxygen atoms in total. The second-order valence-corrected chi connectivity index (χ2v) is 31.2. The number of benzene rings is 2. The zero-order chi connectivity index (χ0) is 75.8. The van der Waals surface area contributed by atoms with Crippen molar-refractivity contribution < 1.29 is 87.4 Å². The maximum atomic E-state index is 15.5. The third-order valence-electron chi connectivity index (χ3n) is 21.1. The van der Waals surface area contributed by atoms with E-state index in [0.717, 1.165) is 22.6 Å². The van der Waals surface area contributed by atoms with E-state index >= 15 is 19.2 Å². The molecule has 30 heteroatoms. The minimum Gasteiger partial charge on any atom is -0.450 e. The highest BCUT2D eigenvalue weighted by molar-refractivity contribution is 6.00. The van der Waals surface area contributed by atoms with Crippen molar-refractivity contribution in [1.29, 1.82) is 0 Å². The first-order valence-electron chi connectivity index (χ1n) is 36.4. The highest BCUT2D eigenvalue weighted by atomic mass is 16.6. The predicted molar refractivity (Wildman–Crippen MR) is 374 cm³/mol. The summed E-state index contributed by atoms with van der Waals surface area (Å²) in [6.07, 6.45) is -6.67. The number of aliphatic hydroxyl groups is 4. The fraction of sp³-hybridized carbons (Fsp3) is 0.671. The average Bonchev–Trinajstić information content (AvgIpc) is 1.56. The summed E-state index contributed by atoms with van der Waals surface area (Å²) in [5.41, 5.74) is -2.62. The lowest BCUT2D eigenvalue weighted by Crippen LogP contribution is -2.63. The summed E-state index contributed by atoms with van der Waals surface area (Å²) in [7, 11) is 0. The summed E-state index contributed by atoms with van der Waals surface area (Å²) in [4.78, 5) is 178. The molecule has 0 aromatic heterocycles. The Hall–Kier alpha value is -8.48. The van der Waals surface area contributed by atoms with E-state index in [2.05, 4.69) is 42.5 Å². The number of hydrogen-bond acceptors (Lipinski definition) is 20. The SMILES string of the molecule is CC(C)CC[C@H](NC=O)C(=O)N[C@@H](C(=O)N1[C@H](C(=O)N[C@@H](C(=O)O[C@H](C(=O)N2CCCC2)C(C)C)C(C)C)C[C@@]2(O)c3cc(-c4ccc5c(c4)[C@]4(O)C[C@H]6C(=O)N[C@H](C(C)C)C(=O)O[C@@H](C(C)C)C(=O)N7CCC[C@@H]7C(=O)N[C@@H](CC(C)C)C(=O)NC([C@H](C)O)C(=O)N6[C@@H]4N5)ccc3N[C@@H]12)[C@H](C)O. The number of aliphatic hydroxyl groups excluding tert-OH is 2. The standard InChI is InChI=1S/C73H106N12O18/c1-34(2)19-22-48(74-33-86)59(89)80-55(40(13)87)64(94)84-51(62(92)78-53(36(5)6)68(98)102-57(38(9)10)66(96)82-25-15-16-26-82)31-72(100)44-29-42(20-23-46(44)76-70(72)84)43-21-24-47-45(30-43)73(101)32-52-63(93)79-54(37(7)8)69(99)103-58(39(11)12)67(97)83-27-17-18-50(83)61(91)75-49(28-35(3)4)60(90)81-56(41(14)88)65(95)85(52)71(73)77-47/h20-21,23-24,29-30,33-41,48-58,70-71,76-77,87-88,100-101H,15-19,22,25-28,31-32H2,1-14H3,(H,74,86)(H,75,91)(H,78,92)(H,79,93)(H,80,89)(H,81,90)/t40-,41-,48-,49-,50+,51-,52-,53+,54+,55+,56?,57-,58-,70-,71-,72+,73+/m0/s1. The average molecular weight is 1440 g/mol. The van der Waals surface area contributed by atoms with Crippen LogP contribution in [0.2, 0.25) is 0 Å². The van der Waals surface area contributed by atoms with Crippen molar-refractivity contribution in [3.05, 3.63) is 47.5 Å². The Morgan fingerprint density at radius 2 is 1.23 bits per heavy atom. The van der Waals surface area contributed by atoms with Crippen LogP contribution in [0, 0.1) is 35.5 Å². The number of fused-ring (bicyclic) bond motifs is 9. The zero-order valence-electron chi connectivity index (χ0n) is 61.4. The number of carbonyl (C=O) groups is 12. The number of likely N-dealkylation sites (tertiary alicyclic amines) is 2. The molecule has 0 radical (unpaired) electrons. The van der Waals surface area contributed by atoms with Crippen LogP contribution >= 0.6 is 0 Å². The van der Waals surface area contributed by atoms with Gasteiger partial charge in [-0.05, 0) is 130 Å². The molecule has 1 unspecified atom stereocenters. The van der Waals surface area contributed by atoms with Gasteiger partial charge < -0.3 is 92.0 Å². The van der Waals surface area contributed by atoms with E-state index in [1.807, 2.05) is 27.7 Å². The molecule has 7 aliphatic rings. The van der Waals surface area contributed by atoms with Crippen molar-refractivity contribution in [3.63, 3.8) is 0 Å². The van der Waals surface area contributed by atoms with Crippen LogP contribution in [-0.4, -0.2) is 222 Å². The number of ether oxygens (including phenoxy) is 2. The largest absolute Gasteiger partial charge is 0.450 e. The molecule has 0 bridgehead atoms. The predicted octanol–water partition coefficient (Wildman–Crippen LogP) is 1.29. The quantitative estimate of drug-likeness (QED) is 0.0584. The van der Waals surface area contributed by atoms with E-state index in [0.29, 0.717) is 54.8 Å². The molecule has 103 heavy (non-hydrogen) atoms. The van der Waals surface area contributed by atoms with Gasteiger partial charge in [-0.2, -0.15) is 0 Å². The van der Waals surface area contributed by atoms with E-state index in [4.69, 9.17) is 9.47 Å². The van der Waals surface area contributed by atoms with Crippen molar-refractivity contribution >= 4 is 82.9 Å². The second-order valence-electron chi connectivity index (χ2n) is 31.2. The topological polar surface area (TPSA) is 413 Å². The first-order chi connectivity index (χ1) is 48.4. The number of esters is 2. The number of amides is 10. The number of carbonyl (C=O) groups excluding carboxylic acids is 12. The van der Waals surface area contributed by atoms with Crippen molar-refractivity contribution in [2.45, 2.75) is 257 Å². The third kappa shape index (κ3) is 16.1. The van der Waals surface area contributed by atoms with Crippen LogP contribution < -0.4 is 42.5 Å². The molecule has 5 fully saturated rings. The minimum absolute atomic E-state index is 0.0598. The molecule has 0 spiro atoms. The molecule has 0 saturated carbocycles. The van der Waals surface area contributed by atoms with Gasteiger partial charge in [-0.1, -0.05) is 95.2 Å². The van der Waals surface area contributed by atoms with Crippen LogP contribution in [-0.2, 0) is 78.2 Å². The van der Waals surface area contributed by atoms with Crippen LogP contribution in [0.15, 0.2) is 36.4 Å². The van der Waals surface area contributed by atoms with Gasteiger partial charge in [0.1, 0.15) is 77.9 Å². The van der Waals surface area contributed by atoms with Crippen molar-refractivity contribution in [2.75, 3.05) is 30.3 Å². The first kappa shape index (κ1) is 78.7. The molecule has 10 amide bonds. The molecule has 0 aliphatic carbocycles. The van der Waals surface area contributed by atoms with Crippen LogP contribution in [0.3, 0.4) is 0 Å². The van der Waals surface area contributed by atoms with Gasteiger partial charge in [0.15, 0.2) is 12.2 Å². The summed E-state index contributed by atoms with van der Waals surface area (Å²) in [6.45, 7) is 24.5. The molecule has 2 aromatic rings. The number of nitrogens with zero attached hydrogens (tertiary/aromatic N) is 4. The molecule has 7 aliphatic heterocycles. The van der Waals surface area contributed by atoms with E-state index in [1.165, 1.54) is 18.7 Å². The number of hydrogen-bond donors (Lipinski definition) is 12. The highest BCUT2D eigenvalue weighted by Gasteiger charge is 2.64. The summed E-state index contributed by atoms with van der Waals surface area (Å²) in [5, 5.41) is 72.0. The smallest absolute Gasteiger partial charge is 0.329 e. The van der Waals surface area contributed by atoms with Gasteiger partial charge in [0.05, 0.1) is 12.2 Å². The maximum absolute atomic E-state index is 15.5. The highest BCUT2D eigenvalue weighted by Crippen LogP contribution is 2.53. The fourth-order valence-electron chi connectivity index (χ4n) is 15.3. The van der Waals surface area contributed by atoms with Crippen LogP contribution in [0.4, 0.5) is 11.4 Å². The molecule has 12 N–H and O–H groups in total. The molecule has 2 aromatic carbocycles. The summed E-state index contributed by atoms with van der Waals surface area (Å²) >= 11 is 0. The van der Waals surface area contributed by atoms with E-state index in [1.54, 1.807) is 96.7 Å².